The van der Waals surface area contributed by atoms with Crippen molar-refractivity contribution in [3.63, 3.8) is 0 Å². The van der Waals surface area contributed by atoms with Crippen LogP contribution in [-0.2, 0) is 21.1 Å². The molecule has 0 saturated heterocycles. The zero-order valence-corrected chi connectivity index (χ0v) is 12.5. The standard InChI is InChI=1S/C12H22N2O3S/c1-9(2)6-13-8-11-14-7-10(17-11)12(3,4)18(5,15)16/h7,9,13H,6,8H2,1-5H3. The van der Waals surface area contributed by atoms with Gasteiger partial charge in [-0.15, -0.1) is 0 Å². The number of rotatable bonds is 6. The third-order valence-corrected chi connectivity index (χ3v) is 4.96. The van der Waals surface area contributed by atoms with Crippen molar-refractivity contribution in [3.05, 3.63) is 17.8 Å². The molecule has 0 bridgehead atoms. The van der Waals surface area contributed by atoms with Gasteiger partial charge in [0.1, 0.15) is 10.5 Å². The van der Waals surface area contributed by atoms with Crippen molar-refractivity contribution in [3.8, 4) is 0 Å². The molecule has 1 aromatic rings. The maximum atomic E-state index is 11.7. The van der Waals surface area contributed by atoms with Gasteiger partial charge in [-0.25, -0.2) is 13.4 Å². The number of nitrogens with zero attached hydrogens (tertiary/aromatic N) is 1. The van der Waals surface area contributed by atoms with Crippen LogP contribution in [0.1, 0.15) is 39.3 Å². The highest BCUT2D eigenvalue weighted by molar-refractivity contribution is 7.91. The summed E-state index contributed by atoms with van der Waals surface area (Å²) in [6.07, 6.45) is 2.69. The number of hydrogen-bond donors (Lipinski definition) is 1. The van der Waals surface area contributed by atoms with Gasteiger partial charge < -0.3 is 9.73 Å². The molecule has 1 heterocycles. The zero-order chi connectivity index (χ0) is 14.0. The van der Waals surface area contributed by atoms with Gasteiger partial charge in [0.2, 0.25) is 5.89 Å². The fraction of sp³-hybridized carbons (Fsp3) is 0.750. The summed E-state index contributed by atoms with van der Waals surface area (Å²) < 4.78 is 27.8. The summed E-state index contributed by atoms with van der Waals surface area (Å²) in [5.74, 6) is 1.45. The lowest BCUT2D eigenvalue weighted by Crippen LogP contribution is -2.27. The van der Waals surface area contributed by atoms with Crippen LogP contribution in [0.3, 0.4) is 0 Å². The molecular formula is C12H22N2O3S. The van der Waals surface area contributed by atoms with Gasteiger partial charge in [0.05, 0.1) is 12.7 Å². The summed E-state index contributed by atoms with van der Waals surface area (Å²) >= 11 is 0. The van der Waals surface area contributed by atoms with Gasteiger partial charge in [-0.05, 0) is 26.3 Å². The van der Waals surface area contributed by atoms with Crippen molar-refractivity contribution in [2.45, 2.75) is 39.0 Å². The van der Waals surface area contributed by atoms with Crippen LogP contribution >= 0.6 is 0 Å². The molecule has 104 valence electrons. The largest absolute Gasteiger partial charge is 0.443 e. The Hall–Kier alpha value is -0.880. The van der Waals surface area contributed by atoms with E-state index in [4.69, 9.17) is 4.42 Å². The third kappa shape index (κ3) is 3.55. The van der Waals surface area contributed by atoms with Crippen LogP contribution in [0.25, 0.3) is 0 Å². The van der Waals surface area contributed by atoms with Gasteiger partial charge in [-0.1, -0.05) is 13.8 Å². The summed E-state index contributed by atoms with van der Waals surface area (Å²) in [5.41, 5.74) is 0. The first kappa shape index (κ1) is 15.2. The molecule has 1 rings (SSSR count). The first-order chi connectivity index (χ1) is 8.14. The fourth-order valence-corrected chi connectivity index (χ4v) is 1.78. The van der Waals surface area contributed by atoms with Crippen LogP contribution in [0, 0.1) is 5.92 Å². The quantitative estimate of drug-likeness (QED) is 0.854. The molecule has 0 spiro atoms. The van der Waals surface area contributed by atoms with E-state index >= 15 is 0 Å². The van der Waals surface area contributed by atoms with Crippen LogP contribution in [0.15, 0.2) is 10.6 Å². The highest BCUT2D eigenvalue weighted by Gasteiger charge is 2.36. The van der Waals surface area contributed by atoms with Crippen LogP contribution in [0.2, 0.25) is 0 Å². The molecule has 0 fully saturated rings. The Balaban J connectivity index is 2.75. The third-order valence-electron chi connectivity index (χ3n) is 2.90. The predicted molar refractivity (Wildman–Crippen MR) is 70.9 cm³/mol. The average molecular weight is 274 g/mol. The monoisotopic (exact) mass is 274 g/mol. The first-order valence-corrected chi connectivity index (χ1v) is 7.89. The van der Waals surface area contributed by atoms with E-state index in [1.54, 1.807) is 13.8 Å². The molecule has 0 saturated carbocycles. The van der Waals surface area contributed by atoms with E-state index in [0.717, 1.165) is 6.54 Å². The lowest BCUT2D eigenvalue weighted by atomic mass is 10.2. The Kier molecular flexibility index (Phi) is 4.55. The van der Waals surface area contributed by atoms with E-state index in [9.17, 15) is 8.42 Å². The Morgan fingerprint density at radius 1 is 1.44 bits per heavy atom. The summed E-state index contributed by atoms with van der Waals surface area (Å²) in [6.45, 7) is 8.84. The summed E-state index contributed by atoms with van der Waals surface area (Å²) in [4.78, 5) is 4.10. The van der Waals surface area contributed by atoms with Crippen LogP contribution in [0.4, 0.5) is 0 Å². The Bertz CT molecular complexity index is 489. The van der Waals surface area contributed by atoms with Crippen molar-refractivity contribution in [1.29, 1.82) is 0 Å². The molecule has 0 aliphatic rings. The molecule has 18 heavy (non-hydrogen) atoms. The Morgan fingerprint density at radius 2 is 2.06 bits per heavy atom. The van der Waals surface area contributed by atoms with Crippen molar-refractivity contribution in [2.75, 3.05) is 12.8 Å². The smallest absolute Gasteiger partial charge is 0.208 e. The number of aromatic nitrogens is 1. The number of sulfone groups is 1. The van der Waals surface area contributed by atoms with Crippen LogP contribution in [0.5, 0.6) is 0 Å². The van der Waals surface area contributed by atoms with Gasteiger partial charge in [0, 0.05) is 6.26 Å². The fourth-order valence-electron chi connectivity index (χ4n) is 1.32. The average Bonchev–Trinajstić information content (AvgIpc) is 2.64. The van der Waals surface area contributed by atoms with Crippen molar-refractivity contribution < 1.29 is 12.8 Å². The van der Waals surface area contributed by atoms with E-state index < -0.39 is 14.6 Å². The SMILES string of the molecule is CC(C)CNCc1ncc(C(C)(C)S(C)(=O)=O)o1. The predicted octanol–water partition coefficient (Wildman–Crippen LogP) is 1.70. The molecule has 1 N–H and O–H groups in total. The van der Waals surface area contributed by atoms with Gasteiger partial charge in [0.15, 0.2) is 9.84 Å². The highest BCUT2D eigenvalue weighted by Crippen LogP contribution is 2.29. The van der Waals surface area contributed by atoms with E-state index in [0.29, 0.717) is 24.1 Å². The molecule has 5 nitrogen and oxygen atoms in total. The van der Waals surface area contributed by atoms with Crippen molar-refractivity contribution in [1.82, 2.24) is 10.3 Å². The topological polar surface area (TPSA) is 72.2 Å². The number of nitrogens with one attached hydrogen (secondary N) is 1. The second kappa shape index (κ2) is 5.40. The maximum Gasteiger partial charge on any atom is 0.208 e. The molecule has 0 amide bonds. The molecular weight excluding hydrogens is 252 g/mol. The van der Waals surface area contributed by atoms with Gasteiger partial charge in [-0.2, -0.15) is 0 Å². The van der Waals surface area contributed by atoms with E-state index in [2.05, 4.69) is 24.1 Å². The minimum Gasteiger partial charge on any atom is -0.443 e. The number of hydrogen-bond acceptors (Lipinski definition) is 5. The lowest BCUT2D eigenvalue weighted by molar-refractivity contribution is 0.397. The zero-order valence-electron chi connectivity index (χ0n) is 11.6. The summed E-state index contributed by atoms with van der Waals surface area (Å²) in [7, 11) is -3.23. The second-order valence-corrected chi connectivity index (χ2v) is 7.99. The molecule has 1 aromatic heterocycles. The maximum absolute atomic E-state index is 11.7. The molecule has 0 aliphatic carbocycles. The molecule has 0 aromatic carbocycles. The highest BCUT2D eigenvalue weighted by atomic mass is 32.2. The molecule has 0 aliphatic heterocycles. The molecule has 6 heteroatoms. The molecule has 0 unspecified atom stereocenters. The van der Waals surface area contributed by atoms with Crippen LogP contribution < -0.4 is 5.32 Å². The van der Waals surface area contributed by atoms with E-state index in [1.807, 2.05) is 0 Å². The van der Waals surface area contributed by atoms with Crippen molar-refractivity contribution >= 4 is 9.84 Å². The Labute approximate surface area is 109 Å². The number of oxazole rings is 1. The van der Waals surface area contributed by atoms with Gasteiger partial charge >= 0.3 is 0 Å². The van der Waals surface area contributed by atoms with Crippen molar-refractivity contribution in [2.24, 2.45) is 5.92 Å². The minimum atomic E-state index is -3.23. The van der Waals surface area contributed by atoms with E-state index in [-0.39, 0.29) is 0 Å². The normalized spacial score (nSPS) is 13.2. The second-order valence-electron chi connectivity index (χ2n) is 5.43. The summed E-state index contributed by atoms with van der Waals surface area (Å²) in [5, 5.41) is 3.20. The van der Waals surface area contributed by atoms with Crippen LogP contribution in [-0.4, -0.2) is 26.2 Å². The molecule has 0 atom stereocenters. The lowest BCUT2D eigenvalue weighted by Gasteiger charge is -2.18. The first-order valence-electron chi connectivity index (χ1n) is 6.00. The van der Waals surface area contributed by atoms with Gasteiger partial charge in [0.25, 0.3) is 0 Å². The Morgan fingerprint density at radius 3 is 2.56 bits per heavy atom. The van der Waals surface area contributed by atoms with Gasteiger partial charge in [-0.3, -0.25) is 0 Å². The summed E-state index contributed by atoms with van der Waals surface area (Å²) in [6, 6.07) is 0. The minimum absolute atomic E-state index is 0.381. The molecule has 0 radical (unpaired) electrons. The van der Waals surface area contributed by atoms with E-state index in [1.165, 1.54) is 12.5 Å².